The van der Waals surface area contributed by atoms with Crippen LogP contribution in [0.1, 0.15) is 28.7 Å². The minimum absolute atomic E-state index is 0.344. The summed E-state index contributed by atoms with van der Waals surface area (Å²) in [5.74, 6) is 1.38. The Morgan fingerprint density at radius 1 is 1.08 bits per heavy atom. The molecular formula is C20H15NO4. The van der Waals surface area contributed by atoms with E-state index in [0.717, 1.165) is 16.9 Å². The summed E-state index contributed by atoms with van der Waals surface area (Å²) in [6.45, 7) is 0. The number of carbonyl (C=O) groups excluding carboxylic acids is 1. The molecule has 1 unspecified atom stereocenters. The third kappa shape index (κ3) is 2.92. The molecule has 4 rings (SSSR count). The molecule has 0 radical (unpaired) electrons. The van der Waals surface area contributed by atoms with Gasteiger partial charge in [0.15, 0.2) is 0 Å². The summed E-state index contributed by atoms with van der Waals surface area (Å²) in [4.78, 5) is 16.4. The van der Waals surface area contributed by atoms with E-state index in [4.69, 9.17) is 13.9 Å². The van der Waals surface area contributed by atoms with Crippen LogP contribution >= 0.6 is 0 Å². The lowest BCUT2D eigenvalue weighted by Crippen LogP contribution is -2.10. The van der Waals surface area contributed by atoms with Crippen molar-refractivity contribution in [1.29, 1.82) is 0 Å². The number of esters is 1. The van der Waals surface area contributed by atoms with Crippen LogP contribution in [0.4, 0.5) is 0 Å². The standard InChI is InChI=1S/C20H15NO4/c1-23-14-9-6-13(7-10-14)8-11-18-21-12-17(24-18)19-15-4-2-3-5-16(15)25-20(19)22/h2-12,19H,1H3/b11-8+. The van der Waals surface area contributed by atoms with Crippen LogP contribution in [0.25, 0.3) is 12.2 Å². The van der Waals surface area contributed by atoms with E-state index in [0.29, 0.717) is 17.4 Å². The summed E-state index contributed by atoms with van der Waals surface area (Å²) < 4.78 is 16.1. The number of nitrogens with zero attached hydrogens (tertiary/aromatic N) is 1. The van der Waals surface area contributed by atoms with Crippen molar-refractivity contribution in [1.82, 2.24) is 4.98 Å². The van der Waals surface area contributed by atoms with Crippen molar-refractivity contribution < 1.29 is 18.7 Å². The van der Waals surface area contributed by atoms with Gasteiger partial charge in [0.1, 0.15) is 23.2 Å². The van der Waals surface area contributed by atoms with E-state index in [9.17, 15) is 4.79 Å². The van der Waals surface area contributed by atoms with E-state index >= 15 is 0 Å². The quantitative estimate of drug-likeness (QED) is 0.535. The summed E-state index contributed by atoms with van der Waals surface area (Å²) in [6, 6.07) is 15.0. The highest BCUT2D eigenvalue weighted by Gasteiger charge is 2.36. The molecule has 0 fully saturated rings. The van der Waals surface area contributed by atoms with Crippen molar-refractivity contribution in [2.75, 3.05) is 7.11 Å². The van der Waals surface area contributed by atoms with Crippen LogP contribution in [-0.4, -0.2) is 18.1 Å². The summed E-state index contributed by atoms with van der Waals surface area (Å²) in [7, 11) is 1.63. The van der Waals surface area contributed by atoms with Gasteiger partial charge in [0.05, 0.1) is 13.3 Å². The molecule has 5 heteroatoms. The summed E-state index contributed by atoms with van der Waals surface area (Å²) in [6.07, 6.45) is 5.22. The molecule has 1 aromatic heterocycles. The van der Waals surface area contributed by atoms with Crippen molar-refractivity contribution in [2.45, 2.75) is 5.92 Å². The molecule has 0 aliphatic carbocycles. The second-order valence-corrected chi connectivity index (χ2v) is 5.60. The molecule has 2 aromatic carbocycles. The predicted octanol–water partition coefficient (Wildman–Crippen LogP) is 3.90. The van der Waals surface area contributed by atoms with E-state index < -0.39 is 5.92 Å². The Morgan fingerprint density at radius 3 is 2.68 bits per heavy atom. The number of benzene rings is 2. The highest BCUT2D eigenvalue weighted by atomic mass is 16.5. The highest BCUT2D eigenvalue weighted by molar-refractivity contribution is 5.88. The SMILES string of the molecule is COc1ccc(/C=C/c2ncc(C3C(=O)Oc4ccccc43)o2)cc1. The molecule has 25 heavy (non-hydrogen) atoms. The monoisotopic (exact) mass is 333 g/mol. The minimum atomic E-state index is -0.563. The molecule has 2 heterocycles. The Labute approximate surface area is 144 Å². The number of hydrogen-bond donors (Lipinski definition) is 0. The third-order valence-electron chi connectivity index (χ3n) is 4.04. The molecule has 1 atom stereocenters. The molecule has 0 amide bonds. The van der Waals surface area contributed by atoms with Gasteiger partial charge in [-0.2, -0.15) is 0 Å². The number of ether oxygens (including phenoxy) is 2. The first-order chi connectivity index (χ1) is 12.2. The number of rotatable bonds is 4. The maximum Gasteiger partial charge on any atom is 0.326 e. The average Bonchev–Trinajstić information content (AvgIpc) is 3.23. The summed E-state index contributed by atoms with van der Waals surface area (Å²) >= 11 is 0. The van der Waals surface area contributed by atoms with Crippen molar-refractivity contribution in [3.8, 4) is 11.5 Å². The average molecular weight is 333 g/mol. The first kappa shape index (κ1) is 15.2. The van der Waals surface area contributed by atoms with E-state index in [1.54, 1.807) is 25.4 Å². The number of aromatic nitrogens is 1. The maximum absolute atomic E-state index is 12.1. The lowest BCUT2D eigenvalue weighted by Gasteiger charge is -2.01. The van der Waals surface area contributed by atoms with E-state index in [2.05, 4.69) is 4.98 Å². The van der Waals surface area contributed by atoms with Gasteiger partial charge in [-0.1, -0.05) is 30.3 Å². The van der Waals surface area contributed by atoms with Gasteiger partial charge in [-0.05, 0) is 29.8 Å². The van der Waals surface area contributed by atoms with Gasteiger partial charge < -0.3 is 13.9 Å². The first-order valence-corrected chi connectivity index (χ1v) is 7.83. The molecular weight excluding hydrogens is 318 g/mol. The van der Waals surface area contributed by atoms with Crippen LogP contribution in [0.2, 0.25) is 0 Å². The number of carbonyl (C=O) groups is 1. The van der Waals surface area contributed by atoms with E-state index in [1.165, 1.54) is 0 Å². The predicted molar refractivity (Wildman–Crippen MR) is 92.3 cm³/mol. The molecule has 0 saturated heterocycles. The Hall–Kier alpha value is -3.34. The number of fused-ring (bicyclic) bond motifs is 1. The van der Waals surface area contributed by atoms with Gasteiger partial charge in [-0.25, -0.2) is 4.98 Å². The van der Waals surface area contributed by atoms with Gasteiger partial charge >= 0.3 is 5.97 Å². The van der Waals surface area contributed by atoms with Crippen LogP contribution in [0.5, 0.6) is 11.5 Å². The van der Waals surface area contributed by atoms with Crippen LogP contribution in [-0.2, 0) is 4.79 Å². The number of hydrogen-bond acceptors (Lipinski definition) is 5. The van der Waals surface area contributed by atoms with Crippen molar-refractivity contribution in [3.63, 3.8) is 0 Å². The van der Waals surface area contributed by atoms with Gasteiger partial charge in [-0.3, -0.25) is 4.79 Å². The molecule has 1 aliphatic rings. The molecule has 0 bridgehead atoms. The van der Waals surface area contributed by atoms with Gasteiger partial charge in [0.25, 0.3) is 0 Å². The third-order valence-corrected chi connectivity index (χ3v) is 4.04. The van der Waals surface area contributed by atoms with Gasteiger partial charge in [0.2, 0.25) is 5.89 Å². The van der Waals surface area contributed by atoms with Crippen LogP contribution in [0.15, 0.2) is 59.1 Å². The lowest BCUT2D eigenvalue weighted by molar-refractivity contribution is -0.133. The molecule has 0 saturated carbocycles. The number of oxazole rings is 1. The first-order valence-electron chi connectivity index (χ1n) is 7.83. The summed E-state index contributed by atoms with van der Waals surface area (Å²) in [5.41, 5.74) is 1.79. The molecule has 0 N–H and O–H groups in total. The van der Waals surface area contributed by atoms with Crippen LogP contribution in [0.3, 0.4) is 0 Å². The fourth-order valence-electron chi connectivity index (χ4n) is 2.77. The Balaban J connectivity index is 1.56. The Morgan fingerprint density at radius 2 is 1.88 bits per heavy atom. The fraction of sp³-hybridized carbons (Fsp3) is 0.100. The maximum atomic E-state index is 12.1. The van der Waals surface area contributed by atoms with Crippen LogP contribution < -0.4 is 9.47 Å². The van der Waals surface area contributed by atoms with Gasteiger partial charge in [0, 0.05) is 11.6 Å². The molecule has 5 nitrogen and oxygen atoms in total. The number of methoxy groups -OCH3 is 1. The largest absolute Gasteiger partial charge is 0.497 e. The summed E-state index contributed by atoms with van der Waals surface area (Å²) in [5, 5.41) is 0. The smallest absolute Gasteiger partial charge is 0.326 e. The normalized spacial score (nSPS) is 16.0. The fourth-order valence-corrected chi connectivity index (χ4v) is 2.77. The minimum Gasteiger partial charge on any atom is -0.497 e. The zero-order valence-corrected chi connectivity index (χ0v) is 13.5. The Kier molecular flexibility index (Phi) is 3.82. The zero-order valence-electron chi connectivity index (χ0n) is 13.5. The van der Waals surface area contributed by atoms with E-state index in [1.807, 2.05) is 48.5 Å². The molecule has 1 aliphatic heterocycles. The second-order valence-electron chi connectivity index (χ2n) is 5.60. The molecule has 124 valence electrons. The Bertz CT molecular complexity index is 940. The lowest BCUT2D eigenvalue weighted by atomic mass is 9.99. The topological polar surface area (TPSA) is 61.6 Å². The zero-order chi connectivity index (χ0) is 17.2. The van der Waals surface area contributed by atoms with Crippen LogP contribution in [0, 0.1) is 0 Å². The van der Waals surface area contributed by atoms with Crippen molar-refractivity contribution >= 4 is 18.1 Å². The highest BCUT2D eigenvalue weighted by Crippen LogP contribution is 2.39. The van der Waals surface area contributed by atoms with Gasteiger partial charge in [-0.15, -0.1) is 0 Å². The van der Waals surface area contributed by atoms with Crippen molar-refractivity contribution in [2.24, 2.45) is 0 Å². The molecule has 3 aromatic rings. The van der Waals surface area contributed by atoms with Crippen molar-refractivity contribution in [3.05, 3.63) is 77.5 Å². The number of para-hydroxylation sites is 1. The second kappa shape index (κ2) is 6.28. The molecule has 0 spiro atoms. The van der Waals surface area contributed by atoms with E-state index in [-0.39, 0.29) is 5.97 Å².